The Bertz CT molecular complexity index is 630. The van der Waals surface area contributed by atoms with Crippen LogP contribution in [0.4, 0.5) is 0 Å². The van der Waals surface area contributed by atoms with Crippen LogP contribution in [-0.4, -0.2) is 24.4 Å². The number of H-pyrrole nitrogens is 1. The molecular weight excluding hydrogens is 264 g/mol. The molecule has 0 spiro atoms. The number of nitrogens with zero attached hydrogens (tertiary/aromatic N) is 1. The number of aromatic nitrogens is 2. The van der Waals surface area contributed by atoms with E-state index in [9.17, 15) is 8.42 Å². The lowest BCUT2D eigenvalue weighted by molar-refractivity contribution is 0.537. The summed E-state index contributed by atoms with van der Waals surface area (Å²) in [7, 11) is -3.53. The summed E-state index contributed by atoms with van der Waals surface area (Å²) in [4.78, 5) is 7.47. The van der Waals surface area contributed by atoms with Crippen molar-refractivity contribution in [3.8, 4) is 0 Å². The van der Waals surface area contributed by atoms with Gasteiger partial charge in [-0.05, 0) is 32.9 Å². The van der Waals surface area contributed by atoms with E-state index in [2.05, 4.69) is 19.4 Å². The van der Waals surface area contributed by atoms with Crippen LogP contribution in [0.1, 0.15) is 32.6 Å². The maximum atomic E-state index is 11.8. The number of benzene rings is 1. The number of aromatic amines is 1. The molecule has 3 N–H and O–H groups in total. The average molecular weight is 282 g/mol. The predicted octanol–water partition coefficient (Wildman–Crippen LogP) is 1.46. The first kappa shape index (κ1) is 14.0. The topological polar surface area (TPSA) is 86.9 Å². The van der Waals surface area contributed by atoms with E-state index in [4.69, 9.17) is 0 Å². The van der Waals surface area contributed by atoms with Gasteiger partial charge in [-0.3, -0.25) is 0 Å². The molecule has 1 unspecified atom stereocenters. The fraction of sp³-hybridized carbons (Fsp3) is 0.417. The third kappa shape index (κ3) is 3.52. The molecule has 104 valence electrons. The second-order valence-corrected chi connectivity index (χ2v) is 6.23. The summed E-state index contributed by atoms with van der Waals surface area (Å²) in [6, 6.07) is 6.99. The van der Waals surface area contributed by atoms with E-state index in [1.54, 1.807) is 20.8 Å². The van der Waals surface area contributed by atoms with Crippen LogP contribution < -0.4 is 9.44 Å². The largest absolute Gasteiger partial charge is 0.341 e. The Balaban J connectivity index is 2.18. The van der Waals surface area contributed by atoms with Gasteiger partial charge >= 0.3 is 0 Å². The van der Waals surface area contributed by atoms with Gasteiger partial charge in [0, 0.05) is 6.04 Å². The molecule has 7 heteroatoms. The molecule has 1 atom stereocenters. The number of fused-ring (bicyclic) bond motifs is 1. The molecule has 1 heterocycles. The molecule has 1 aromatic carbocycles. The lowest BCUT2D eigenvalue weighted by atomic mass is 10.3. The van der Waals surface area contributed by atoms with Gasteiger partial charge in [0.15, 0.2) is 0 Å². The molecule has 0 amide bonds. The molecule has 0 bridgehead atoms. The van der Waals surface area contributed by atoms with E-state index in [1.165, 1.54) is 0 Å². The van der Waals surface area contributed by atoms with Gasteiger partial charge in [-0.15, -0.1) is 0 Å². The summed E-state index contributed by atoms with van der Waals surface area (Å²) >= 11 is 0. The van der Waals surface area contributed by atoms with E-state index >= 15 is 0 Å². The zero-order chi connectivity index (χ0) is 14.0. The second-order valence-electron chi connectivity index (χ2n) is 4.75. The highest BCUT2D eigenvalue weighted by atomic mass is 32.2. The van der Waals surface area contributed by atoms with Crippen LogP contribution in [0.2, 0.25) is 0 Å². The monoisotopic (exact) mass is 282 g/mol. The highest BCUT2D eigenvalue weighted by Gasteiger charge is 2.18. The van der Waals surface area contributed by atoms with Gasteiger partial charge in [0.05, 0.1) is 17.1 Å². The molecule has 0 radical (unpaired) electrons. The standard InChI is InChI=1S/C12H18N4O2S/c1-8(2)15-19(17,18)16-9(3)12-13-10-6-4-5-7-11(10)14-12/h4-9,15-16H,1-3H3,(H,13,14). The summed E-state index contributed by atoms with van der Waals surface area (Å²) in [6.45, 7) is 5.29. The van der Waals surface area contributed by atoms with Gasteiger partial charge in [0.1, 0.15) is 5.82 Å². The molecule has 0 fully saturated rings. The number of hydrogen-bond donors (Lipinski definition) is 3. The first-order valence-electron chi connectivity index (χ1n) is 6.11. The molecule has 2 rings (SSSR count). The minimum atomic E-state index is -3.53. The van der Waals surface area contributed by atoms with E-state index in [0.717, 1.165) is 11.0 Å². The minimum absolute atomic E-state index is 0.152. The van der Waals surface area contributed by atoms with Gasteiger partial charge in [-0.2, -0.15) is 17.9 Å². The Morgan fingerprint density at radius 2 is 1.84 bits per heavy atom. The normalized spacial score (nSPS) is 14.1. The van der Waals surface area contributed by atoms with Crippen molar-refractivity contribution in [1.29, 1.82) is 0 Å². The molecule has 0 saturated heterocycles. The highest BCUT2D eigenvalue weighted by Crippen LogP contribution is 2.15. The average Bonchev–Trinajstić information content (AvgIpc) is 2.69. The Labute approximate surface area is 112 Å². The molecule has 0 aliphatic heterocycles. The highest BCUT2D eigenvalue weighted by molar-refractivity contribution is 7.87. The molecule has 0 aliphatic carbocycles. The maximum Gasteiger partial charge on any atom is 0.277 e. The van der Waals surface area contributed by atoms with Crippen LogP contribution in [-0.2, 0) is 10.2 Å². The van der Waals surface area contributed by atoms with E-state index < -0.39 is 16.3 Å². The number of nitrogens with one attached hydrogen (secondary N) is 3. The lowest BCUT2D eigenvalue weighted by Crippen LogP contribution is -2.41. The minimum Gasteiger partial charge on any atom is -0.341 e. The van der Waals surface area contributed by atoms with Crippen molar-refractivity contribution < 1.29 is 8.42 Å². The van der Waals surface area contributed by atoms with Gasteiger partial charge < -0.3 is 4.98 Å². The Kier molecular flexibility index (Phi) is 3.88. The summed E-state index contributed by atoms with van der Waals surface area (Å²) in [6.07, 6.45) is 0. The molecule has 2 aromatic rings. The third-order valence-electron chi connectivity index (χ3n) is 2.54. The first-order valence-corrected chi connectivity index (χ1v) is 7.60. The summed E-state index contributed by atoms with van der Waals surface area (Å²) < 4.78 is 28.6. The van der Waals surface area contributed by atoms with Crippen molar-refractivity contribution in [2.75, 3.05) is 0 Å². The van der Waals surface area contributed by atoms with Crippen LogP contribution in [0.25, 0.3) is 11.0 Å². The molecule has 0 saturated carbocycles. The molecule has 19 heavy (non-hydrogen) atoms. The zero-order valence-electron chi connectivity index (χ0n) is 11.1. The molecule has 0 aliphatic rings. The molecular formula is C12H18N4O2S. The van der Waals surface area contributed by atoms with Gasteiger partial charge in [0.2, 0.25) is 0 Å². The first-order chi connectivity index (χ1) is 8.87. The quantitative estimate of drug-likeness (QED) is 0.776. The summed E-state index contributed by atoms with van der Waals surface area (Å²) in [5.41, 5.74) is 1.71. The van der Waals surface area contributed by atoms with Gasteiger partial charge in [0.25, 0.3) is 10.2 Å². The van der Waals surface area contributed by atoms with Crippen LogP contribution >= 0.6 is 0 Å². The number of imidazole rings is 1. The Hall–Kier alpha value is -1.44. The lowest BCUT2D eigenvalue weighted by Gasteiger charge is -2.14. The number of rotatable bonds is 5. The second kappa shape index (κ2) is 5.28. The Morgan fingerprint density at radius 1 is 1.16 bits per heavy atom. The van der Waals surface area contributed by atoms with E-state index in [-0.39, 0.29) is 6.04 Å². The van der Waals surface area contributed by atoms with Crippen LogP contribution in [0, 0.1) is 0 Å². The Morgan fingerprint density at radius 3 is 2.47 bits per heavy atom. The summed E-state index contributed by atoms with van der Waals surface area (Å²) in [5, 5.41) is 0. The zero-order valence-corrected chi connectivity index (χ0v) is 12.0. The third-order valence-corrected chi connectivity index (χ3v) is 3.99. The van der Waals surface area contributed by atoms with Crippen molar-refractivity contribution >= 4 is 21.2 Å². The van der Waals surface area contributed by atoms with Crippen LogP contribution in [0.5, 0.6) is 0 Å². The van der Waals surface area contributed by atoms with Gasteiger partial charge in [-0.1, -0.05) is 12.1 Å². The van der Waals surface area contributed by atoms with E-state index in [0.29, 0.717) is 5.82 Å². The summed E-state index contributed by atoms with van der Waals surface area (Å²) in [5.74, 6) is 0.593. The van der Waals surface area contributed by atoms with Gasteiger partial charge in [-0.25, -0.2) is 4.98 Å². The number of para-hydroxylation sites is 2. The fourth-order valence-corrected chi connectivity index (χ4v) is 3.08. The molecule has 6 nitrogen and oxygen atoms in total. The fourth-order valence-electron chi connectivity index (χ4n) is 1.81. The van der Waals surface area contributed by atoms with E-state index in [1.807, 2.05) is 24.3 Å². The molecule has 1 aromatic heterocycles. The van der Waals surface area contributed by atoms with Crippen molar-refractivity contribution in [3.63, 3.8) is 0 Å². The number of hydrogen-bond acceptors (Lipinski definition) is 3. The predicted molar refractivity (Wildman–Crippen MR) is 74.8 cm³/mol. The van der Waals surface area contributed by atoms with Crippen LogP contribution in [0.15, 0.2) is 24.3 Å². The maximum absolute atomic E-state index is 11.8. The SMILES string of the molecule is CC(C)NS(=O)(=O)NC(C)c1nc2ccccc2[nH]1. The van der Waals surface area contributed by atoms with Crippen molar-refractivity contribution in [1.82, 2.24) is 19.4 Å². The van der Waals surface area contributed by atoms with Crippen LogP contribution in [0.3, 0.4) is 0 Å². The van der Waals surface area contributed by atoms with Crippen molar-refractivity contribution in [2.45, 2.75) is 32.9 Å². The smallest absolute Gasteiger partial charge is 0.277 e. The van der Waals surface area contributed by atoms with Crippen molar-refractivity contribution in [3.05, 3.63) is 30.1 Å². The van der Waals surface area contributed by atoms with Crippen molar-refractivity contribution in [2.24, 2.45) is 0 Å².